The van der Waals surface area contributed by atoms with Gasteiger partial charge in [-0.2, -0.15) is 5.26 Å². The number of nitrogens with one attached hydrogen (secondary N) is 1. The smallest absolute Gasteiger partial charge is 0.338 e. The molecule has 7 nitrogen and oxygen atoms in total. The van der Waals surface area contributed by atoms with Gasteiger partial charge in [-0.15, -0.1) is 0 Å². The van der Waals surface area contributed by atoms with Gasteiger partial charge in [0.2, 0.25) is 5.91 Å². The van der Waals surface area contributed by atoms with Gasteiger partial charge in [0.05, 0.1) is 13.2 Å². The van der Waals surface area contributed by atoms with Crippen molar-refractivity contribution in [3.8, 4) is 11.8 Å². The number of anilines is 1. The molecule has 1 aromatic carbocycles. The number of benzene rings is 1. The Hall–Kier alpha value is -3.40. The topological polar surface area (TPSA) is 105 Å². The highest BCUT2D eigenvalue weighted by atomic mass is 16.5. The fraction of sp³-hybridized carbons (Fsp3) is 0.222. The maximum absolute atomic E-state index is 11.2. The molecule has 25 heavy (non-hydrogen) atoms. The first-order chi connectivity index (χ1) is 11.7. The van der Waals surface area contributed by atoms with Crippen LogP contribution in [0.15, 0.2) is 48.6 Å². The summed E-state index contributed by atoms with van der Waals surface area (Å²) < 4.78 is 9.25. The zero-order valence-electron chi connectivity index (χ0n) is 14.4. The Morgan fingerprint density at radius 3 is 1.96 bits per heavy atom. The van der Waals surface area contributed by atoms with E-state index in [1.165, 1.54) is 7.11 Å². The summed E-state index contributed by atoms with van der Waals surface area (Å²) in [6.45, 7) is 9.98. The molecule has 132 valence electrons. The first-order valence-electron chi connectivity index (χ1n) is 7.09. The van der Waals surface area contributed by atoms with Crippen LogP contribution >= 0.6 is 0 Å². The van der Waals surface area contributed by atoms with E-state index >= 15 is 0 Å². The first-order valence-corrected chi connectivity index (χ1v) is 7.09. The summed E-state index contributed by atoms with van der Waals surface area (Å²) in [6, 6.07) is 7.99. The maximum atomic E-state index is 11.2. The molecule has 0 bridgehead atoms. The Bertz CT molecular complexity index is 699. The summed E-state index contributed by atoms with van der Waals surface area (Å²) >= 11 is 0. The van der Waals surface area contributed by atoms with Crippen LogP contribution in [0.5, 0.6) is 5.75 Å². The zero-order chi connectivity index (χ0) is 19.4. The highest BCUT2D eigenvalue weighted by molar-refractivity contribution is 5.92. The van der Waals surface area contributed by atoms with Crippen molar-refractivity contribution >= 4 is 23.5 Å². The standard InChI is InChI=1S/C13H12N2O3.C5H8O2/c1-9(2)13(17)18-11-5-3-10(4-6-11)15-12(16)7-8-14;1-4(2)5(6)7-3/h3-6H,1,7H2,2H3,(H,15,16);1H2,2-3H3. The van der Waals surface area contributed by atoms with Gasteiger partial charge in [-0.05, 0) is 38.1 Å². The van der Waals surface area contributed by atoms with Crippen LogP contribution in [0.4, 0.5) is 5.69 Å². The lowest BCUT2D eigenvalue weighted by atomic mass is 10.3. The second-order valence-corrected chi connectivity index (χ2v) is 4.85. The molecule has 0 saturated carbocycles. The van der Waals surface area contributed by atoms with Crippen LogP contribution < -0.4 is 10.1 Å². The van der Waals surface area contributed by atoms with E-state index in [0.717, 1.165) is 0 Å². The monoisotopic (exact) mass is 344 g/mol. The molecule has 0 saturated heterocycles. The predicted octanol–water partition coefficient (Wildman–Crippen LogP) is 2.76. The molecule has 0 fully saturated rings. The molecule has 1 N–H and O–H groups in total. The van der Waals surface area contributed by atoms with E-state index in [0.29, 0.717) is 22.6 Å². The van der Waals surface area contributed by atoms with Gasteiger partial charge in [-0.3, -0.25) is 4.79 Å². The van der Waals surface area contributed by atoms with E-state index in [9.17, 15) is 14.4 Å². The molecule has 0 unspecified atom stereocenters. The Kier molecular flexibility index (Phi) is 9.66. The summed E-state index contributed by atoms with van der Waals surface area (Å²) in [5.74, 6) is -0.873. The summed E-state index contributed by atoms with van der Waals surface area (Å²) in [4.78, 5) is 32.6. The number of hydrogen-bond donors (Lipinski definition) is 1. The number of carbonyl (C=O) groups is 3. The number of nitrogens with zero attached hydrogens (tertiary/aromatic N) is 1. The van der Waals surface area contributed by atoms with Crippen LogP contribution in [0.3, 0.4) is 0 Å². The second kappa shape index (κ2) is 11.2. The van der Waals surface area contributed by atoms with Crippen molar-refractivity contribution in [3.63, 3.8) is 0 Å². The Morgan fingerprint density at radius 2 is 1.60 bits per heavy atom. The first kappa shape index (κ1) is 21.6. The van der Waals surface area contributed by atoms with Crippen LogP contribution in [-0.2, 0) is 19.1 Å². The number of hydrogen-bond acceptors (Lipinski definition) is 6. The van der Waals surface area contributed by atoms with Crippen LogP contribution in [0.1, 0.15) is 20.3 Å². The van der Waals surface area contributed by atoms with Crippen molar-refractivity contribution in [2.45, 2.75) is 20.3 Å². The summed E-state index contributed by atoms with van der Waals surface area (Å²) in [6.07, 6.45) is -0.202. The van der Waals surface area contributed by atoms with Crippen molar-refractivity contribution in [3.05, 3.63) is 48.6 Å². The molecule has 0 radical (unpaired) electrons. The maximum Gasteiger partial charge on any atom is 0.338 e. The Balaban J connectivity index is 0.000000697. The van der Waals surface area contributed by atoms with Gasteiger partial charge in [0.1, 0.15) is 12.2 Å². The average molecular weight is 344 g/mol. The minimum atomic E-state index is -0.503. The third-order valence-electron chi connectivity index (χ3n) is 2.47. The zero-order valence-corrected chi connectivity index (χ0v) is 14.4. The molecule has 0 spiro atoms. The fourth-order valence-corrected chi connectivity index (χ4v) is 1.25. The Morgan fingerprint density at radius 1 is 1.08 bits per heavy atom. The molecule has 1 aromatic rings. The average Bonchev–Trinajstić information content (AvgIpc) is 2.56. The van der Waals surface area contributed by atoms with Gasteiger partial charge >= 0.3 is 11.9 Å². The van der Waals surface area contributed by atoms with Crippen LogP contribution in [0, 0.1) is 11.3 Å². The fourth-order valence-electron chi connectivity index (χ4n) is 1.25. The van der Waals surface area contributed by atoms with Crippen molar-refractivity contribution < 1.29 is 23.9 Å². The third-order valence-corrected chi connectivity index (χ3v) is 2.47. The molecule has 0 aromatic heterocycles. The summed E-state index contributed by atoms with van der Waals surface area (Å²) in [5.41, 5.74) is 1.27. The van der Waals surface area contributed by atoms with Gasteiger partial charge in [0.15, 0.2) is 0 Å². The van der Waals surface area contributed by atoms with Gasteiger partial charge in [0.25, 0.3) is 0 Å². The van der Waals surface area contributed by atoms with Gasteiger partial charge in [0, 0.05) is 16.8 Å². The van der Waals surface area contributed by atoms with Crippen molar-refractivity contribution in [2.24, 2.45) is 0 Å². The molecule has 1 rings (SSSR count). The number of methoxy groups -OCH3 is 1. The number of carbonyl (C=O) groups excluding carboxylic acids is 3. The molecule has 1 amide bonds. The molecule has 0 aliphatic carbocycles. The van der Waals surface area contributed by atoms with Crippen LogP contribution in [0.25, 0.3) is 0 Å². The lowest BCUT2D eigenvalue weighted by Gasteiger charge is -2.06. The van der Waals surface area contributed by atoms with Gasteiger partial charge < -0.3 is 14.8 Å². The van der Waals surface area contributed by atoms with E-state index in [4.69, 9.17) is 10.00 Å². The molecular formula is C18H20N2O5. The third kappa shape index (κ3) is 9.36. The minimum absolute atomic E-state index is 0.202. The normalized spacial score (nSPS) is 8.72. The van der Waals surface area contributed by atoms with E-state index in [2.05, 4.69) is 23.2 Å². The SMILES string of the molecule is C=C(C)C(=O)OC.C=C(C)C(=O)Oc1ccc(NC(=O)CC#N)cc1. The lowest BCUT2D eigenvalue weighted by Crippen LogP contribution is -2.10. The summed E-state index contributed by atoms with van der Waals surface area (Å²) in [5, 5.41) is 10.9. The molecule has 0 aliphatic heterocycles. The van der Waals surface area contributed by atoms with Crippen molar-refractivity contribution in [2.75, 3.05) is 12.4 Å². The quantitative estimate of drug-likeness (QED) is 0.500. The molecule has 0 aliphatic rings. The van der Waals surface area contributed by atoms with Crippen LogP contribution in [-0.4, -0.2) is 25.0 Å². The molecule has 0 atom stereocenters. The summed E-state index contributed by atoms with van der Waals surface area (Å²) in [7, 11) is 1.33. The van der Waals surface area contributed by atoms with E-state index in [1.807, 2.05) is 0 Å². The number of esters is 2. The van der Waals surface area contributed by atoms with Gasteiger partial charge in [-0.1, -0.05) is 13.2 Å². The van der Waals surface area contributed by atoms with Crippen molar-refractivity contribution in [1.82, 2.24) is 0 Å². The largest absolute Gasteiger partial charge is 0.466 e. The minimum Gasteiger partial charge on any atom is -0.466 e. The Labute approximate surface area is 146 Å². The molecular weight excluding hydrogens is 324 g/mol. The number of rotatable bonds is 5. The van der Waals surface area contributed by atoms with E-state index in [1.54, 1.807) is 44.2 Å². The predicted molar refractivity (Wildman–Crippen MR) is 92.6 cm³/mol. The number of ether oxygens (including phenoxy) is 2. The highest BCUT2D eigenvalue weighted by Crippen LogP contribution is 2.16. The molecule has 0 heterocycles. The second-order valence-electron chi connectivity index (χ2n) is 4.85. The van der Waals surface area contributed by atoms with Crippen molar-refractivity contribution in [1.29, 1.82) is 5.26 Å². The highest BCUT2D eigenvalue weighted by Gasteiger charge is 2.06. The lowest BCUT2D eigenvalue weighted by molar-refractivity contribution is -0.136. The van der Waals surface area contributed by atoms with E-state index in [-0.39, 0.29) is 18.3 Å². The number of nitriles is 1. The van der Waals surface area contributed by atoms with Gasteiger partial charge in [-0.25, -0.2) is 9.59 Å². The van der Waals surface area contributed by atoms with E-state index < -0.39 is 5.97 Å². The number of amides is 1. The molecule has 7 heteroatoms. The van der Waals surface area contributed by atoms with Crippen LogP contribution in [0.2, 0.25) is 0 Å².